The van der Waals surface area contributed by atoms with Crippen LogP contribution >= 0.6 is 38.9 Å². The summed E-state index contributed by atoms with van der Waals surface area (Å²) in [6.45, 7) is 4.62. The van der Waals surface area contributed by atoms with Crippen molar-refractivity contribution in [2.24, 2.45) is 4.99 Å². The Morgan fingerprint density at radius 1 is 0.980 bits per heavy atom. The van der Waals surface area contributed by atoms with Crippen molar-refractivity contribution in [1.82, 2.24) is 4.57 Å². The summed E-state index contributed by atoms with van der Waals surface area (Å²) in [6, 6.07) is 27.1. The molecule has 250 valence electrons. The Balaban J connectivity index is 1.49. The topological polar surface area (TPSA) is 88.4 Å². The zero-order valence-corrected chi connectivity index (χ0v) is 30.1. The van der Waals surface area contributed by atoms with E-state index in [2.05, 4.69) is 15.9 Å². The van der Waals surface area contributed by atoms with Crippen LogP contribution in [0.3, 0.4) is 0 Å². The number of hydrogen-bond acceptors (Lipinski definition) is 8. The predicted octanol–water partition coefficient (Wildman–Crippen LogP) is 7.34. The van der Waals surface area contributed by atoms with Crippen molar-refractivity contribution in [2.45, 2.75) is 26.5 Å². The van der Waals surface area contributed by atoms with Crippen molar-refractivity contribution in [2.75, 3.05) is 20.3 Å². The second-order valence-corrected chi connectivity index (χ2v) is 13.2. The number of halogens is 2. The first-order valence-electron chi connectivity index (χ1n) is 15.6. The summed E-state index contributed by atoms with van der Waals surface area (Å²) < 4.78 is 25.7. The van der Waals surface area contributed by atoms with E-state index in [1.165, 1.54) is 11.3 Å². The molecule has 1 atom stereocenters. The zero-order valence-electron chi connectivity index (χ0n) is 26.9. The van der Waals surface area contributed by atoms with Gasteiger partial charge in [0, 0.05) is 10.6 Å². The van der Waals surface area contributed by atoms with Crippen molar-refractivity contribution in [1.29, 1.82) is 0 Å². The number of hydrogen-bond donors (Lipinski definition) is 0. The van der Waals surface area contributed by atoms with Crippen LogP contribution in [-0.4, -0.2) is 30.9 Å². The van der Waals surface area contributed by atoms with Gasteiger partial charge in [-0.2, -0.15) is 0 Å². The minimum absolute atomic E-state index is 0.167. The highest BCUT2D eigenvalue weighted by molar-refractivity contribution is 9.10. The molecule has 2 heterocycles. The quantitative estimate of drug-likeness (QED) is 0.131. The molecule has 1 aliphatic heterocycles. The standard InChI is InChI=1S/C38H32BrClN2O6S/c1-4-46-28-16-14-26(15-17-28)34-32(37(44)47-5-2)33(25-11-7-6-8-12-25)41-38-42(34)36(43)31(49-38)21-24-19-29(39)35(30(20-24)45-3)48-22-23-10-9-13-27(40)18-23/h6-21,34H,4-5,22H2,1-3H3/b31-21-/t34-/m0/s1. The second kappa shape index (κ2) is 15.3. The average molecular weight is 760 g/mol. The third kappa shape index (κ3) is 7.36. The summed E-state index contributed by atoms with van der Waals surface area (Å²) in [5.41, 5.74) is 3.50. The van der Waals surface area contributed by atoms with Gasteiger partial charge < -0.3 is 18.9 Å². The van der Waals surface area contributed by atoms with Crippen molar-refractivity contribution >= 4 is 56.6 Å². The molecule has 1 aliphatic rings. The van der Waals surface area contributed by atoms with Crippen LogP contribution in [0.2, 0.25) is 5.02 Å². The SMILES string of the molecule is CCOC(=O)C1=C(c2ccccc2)N=c2s/c(=C\c3cc(Br)c(OCc4cccc(Cl)c4)c(OC)c3)c(=O)n2[C@H]1c1ccc(OCC)cc1. The Kier molecular flexibility index (Phi) is 10.7. The van der Waals surface area contributed by atoms with Crippen LogP contribution in [0.25, 0.3) is 11.8 Å². The van der Waals surface area contributed by atoms with E-state index in [4.69, 9.17) is 35.5 Å². The van der Waals surface area contributed by atoms with Crippen LogP contribution in [0.1, 0.15) is 42.1 Å². The van der Waals surface area contributed by atoms with Gasteiger partial charge in [-0.15, -0.1) is 0 Å². The Bertz CT molecular complexity index is 2210. The van der Waals surface area contributed by atoms with Crippen LogP contribution in [0, 0.1) is 0 Å². The summed E-state index contributed by atoms with van der Waals surface area (Å²) in [5.74, 6) is 1.14. The molecular formula is C38H32BrClN2O6S. The van der Waals surface area contributed by atoms with Crippen LogP contribution in [-0.2, 0) is 16.1 Å². The van der Waals surface area contributed by atoms with E-state index in [1.54, 1.807) is 36.8 Å². The largest absolute Gasteiger partial charge is 0.494 e. The van der Waals surface area contributed by atoms with Gasteiger partial charge in [0.1, 0.15) is 12.4 Å². The van der Waals surface area contributed by atoms with Crippen molar-refractivity contribution in [3.8, 4) is 17.2 Å². The average Bonchev–Trinajstić information content (AvgIpc) is 3.41. The minimum Gasteiger partial charge on any atom is -0.494 e. The van der Waals surface area contributed by atoms with Crippen molar-refractivity contribution < 1.29 is 23.7 Å². The number of aromatic nitrogens is 1. The number of carbonyl (C=O) groups excluding carboxylic acids is 1. The van der Waals surface area contributed by atoms with Gasteiger partial charge in [0.05, 0.1) is 46.6 Å². The third-order valence-corrected chi connectivity index (χ3v) is 9.51. The third-order valence-electron chi connectivity index (χ3n) is 7.70. The lowest BCUT2D eigenvalue weighted by molar-refractivity contribution is -0.138. The maximum absolute atomic E-state index is 14.3. The highest BCUT2D eigenvalue weighted by Gasteiger charge is 2.35. The molecule has 0 aliphatic carbocycles. The lowest BCUT2D eigenvalue weighted by Gasteiger charge is -2.26. The smallest absolute Gasteiger partial charge is 0.338 e. The van der Waals surface area contributed by atoms with E-state index < -0.39 is 12.0 Å². The molecule has 0 saturated heterocycles. The number of rotatable bonds is 11. The Morgan fingerprint density at radius 2 is 1.76 bits per heavy atom. The highest BCUT2D eigenvalue weighted by atomic mass is 79.9. The molecule has 0 bridgehead atoms. The molecule has 49 heavy (non-hydrogen) atoms. The first-order valence-corrected chi connectivity index (χ1v) is 17.6. The number of esters is 1. The number of benzene rings is 4. The second-order valence-electron chi connectivity index (χ2n) is 10.9. The zero-order chi connectivity index (χ0) is 34.5. The van der Waals surface area contributed by atoms with Gasteiger partial charge >= 0.3 is 5.97 Å². The van der Waals surface area contributed by atoms with Crippen LogP contribution in [0.5, 0.6) is 17.2 Å². The molecule has 0 fully saturated rings. The number of fused-ring (bicyclic) bond motifs is 1. The van der Waals surface area contributed by atoms with Gasteiger partial charge in [0.2, 0.25) is 0 Å². The van der Waals surface area contributed by atoms with Gasteiger partial charge in [-0.05, 0) is 88.9 Å². The lowest BCUT2D eigenvalue weighted by Crippen LogP contribution is -2.40. The summed E-state index contributed by atoms with van der Waals surface area (Å²) in [7, 11) is 1.56. The summed E-state index contributed by atoms with van der Waals surface area (Å²) in [5, 5.41) is 0.624. The molecule has 0 radical (unpaired) electrons. The molecule has 6 rings (SSSR count). The van der Waals surface area contributed by atoms with Crippen molar-refractivity contribution in [3.05, 3.63) is 148 Å². The molecule has 0 spiro atoms. The molecule has 0 N–H and O–H groups in total. The number of methoxy groups -OCH3 is 1. The van der Waals surface area contributed by atoms with Gasteiger partial charge in [-0.25, -0.2) is 9.79 Å². The molecule has 0 unspecified atom stereocenters. The first kappa shape index (κ1) is 34.2. The number of ether oxygens (including phenoxy) is 4. The van der Waals surface area contributed by atoms with E-state index in [0.717, 1.165) is 11.1 Å². The van der Waals surface area contributed by atoms with Gasteiger partial charge in [0.25, 0.3) is 5.56 Å². The van der Waals surface area contributed by atoms with Crippen LogP contribution in [0.4, 0.5) is 0 Å². The molecule has 5 aromatic rings. The van der Waals surface area contributed by atoms with Gasteiger partial charge in [-0.3, -0.25) is 9.36 Å². The first-order chi connectivity index (χ1) is 23.8. The van der Waals surface area contributed by atoms with Crippen molar-refractivity contribution in [3.63, 3.8) is 0 Å². The highest BCUT2D eigenvalue weighted by Crippen LogP contribution is 2.38. The number of thiazole rings is 1. The summed E-state index contributed by atoms with van der Waals surface area (Å²) in [6.07, 6.45) is 1.78. The van der Waals surface area contributed by atoms with Crippen LogP contribution < -0.4 is 29.1 Å². The molecule has 4 aromatic carbocycles. The Morgan fingerprint density at radius 3 is 2.45 bits per heavy atom. The summed E-state index contributed by atoms with van der Waals surface area (Å²) in [4.78, 5) is 33.4. The maximum atomic E-state index is 14.3. The fraction of sp³-hybridized carbons (Fsp3) is 0.184. The fourth-order valence-electron chi connectivity index (χ4n) is 5.57. The van der Waals surface area contributed by atoms with E-state index in [0.29, 0.717) is 59.5 Å². The minimum atomic E-state index is -0.799. The number of nitrogens with zero attached hydrogens (tertiary/aromatic N) is 2. The molecule has 0 saturated carbocycles. The Labute approximate surface area is 300 Å². The molecule has 0 amide bonds. The van der Waals surface area contributed by atoms with Gasteiger partial charge in [-0.1, -0.05) is 77.5 Å². The summed E-state index contributed by atoms with van der Waals surface area (Å²) >= 11 is 11.0. The molecule has 11 heteroatoms. The number of carbonyl (C=O) groups is 1. The van der Waals surface area contributed by atoms with Gasteiger partial charge in [0.15, 0.2) is 16.3 Å². The van der Waals surface area contributed by atoms with Crippen LogP contribution in [0.15, 0.2) is 111 Å². The monoisotopic (exact) mass is 758 g/mol. The normalized spacial score (nSPS) is 14.2. The lowest BCUT2D eigenvalue weighted by atomic mass is 9.93. The Hall–Kier alpha value is -4.64. The van der Waals surface area contributed by atoms with E-state index in [9.17, 15) is 9.59 Å². The van der Waals surface area contributed by atoms with E-state index in [-0.39, 0.29) is 24.3 Å². The van der Waals surface area contributed by atoms with E-state index in [1.807, 2.05) is 85.8 Å². The molecule has 8 nitrogen and oxygen atoms in total. The fourth-order valence-corrected chi connectivity index (χ4v) is 7.35. The van der Waals surface area contributed by atoms with E-state index >= 15 is 0 Å². The molecule has 1 aromatic heterocycles. The maximum Gasteiger partial charge on any atom is 0.338 e. The molecular weight excluding hydrogens is 728 g/mol. The predicted molar refractivity (Wildman–Crippen MR) is 195 cm³/mol.